The van der Waals surface area contributed by atoms with E-state index in [1.54, 1.807) is 0 Å². The van der Waals surface area contributed by atoms with Crippen LogP contribution in [0.5, 0.6) is 0 Å². The van der Waals surface area contributed by atoms with Crippen LogP contribution in [0.3, 0.4) is 0 Å². The Balaban J connectivity index is 2.04. The number of nitrogens with zero attached hydrogens (tertiary/aromatic N) is 1. The van der Waals surface area contributed by atoms with Gasteiger partial charge in [0, 0.05) is 18.8 Å². The third kappa shape index (κ3) is 1.86. The molecule has 2 aliphatic heterocycles. The lowest BCUT2D eigenvalue weighted by Crippen LogP contribution is -2.36. The van der Waals surface area contributed by atoms with Crippen molar-refractivity contribution in [1.82, 2.24) is 0 Å². The molecule has 2 atom stereocenters. The molecule has 2 rings (SSSR count). The summed E-state index contributed by atoms with van der Waals surface area (Å²) >= 11 is 0. The molecular weight excluding hydrogens is 226 g/mol. The first-order chi connectivity index (χ1) is 7.55. The normalized spacial score (nSPS) is 35.6. The molecule has 0 aromatic heterocycles. The molecule has 2 saturated heterocycles. The molecule has 2 aliphatic rings. The minimum absolute atomic E-state index is 0.0772. The fourth-order valence-electron chi connectivity index (χ4n) is 2.85. The van der Waals surface area contributed by atoms with E-state index in [-0.39, 0.29) is 35.0 Å². The van der Waals surface area contributed by atoms with E-state index >= 15 is 0 Å². The van der Waals surface area contributed by atoms with Gasteiger partial charge in [-0.15, -0.1) is 0 Å². The summed E-state index contributed by atoms with van der Waals surface area (Å²) in [7, 11) is -2.93. The molecule has 2 unspecified atom stereocenters. The standard InChI is InChI=1S/C11H15NO3S/c12-5-1-2-11(13)8-6-9-3-4-10(7-8)16(9,14)15/h8-10H,1-4,6-7H2. The van der Waals surface area contributed by atoms with Gasteiger partial charge >= 0.3 is 0 Å². The van der Waals surface area contributed by atoms with Crippen molar-refractivity contribution < 1.29 is 13.2 Å². The van der Waals surface area contributed by atoms with Crippen LogP contribution in [0.2, 0.25) is 0 Å². The van der Waals surface area contributed by atoms with E-state index in [9.17, 15) is 13.2 Å². The van der Waals surface area contributed by atoms with Gasteiger partial charge in [0.1, 0.15) is 5.78 Å². The molecule has 5 heteroatoms. The molecule has 2 bridgehead atoms. The van der Waals surface area contributed by atoms with E-state index in [0.29, 0.717) is 12.8 Å². The van der Waals surface area contributed by atoms with Crippen molar-refractivity contribution in [2.75, 3.05) is 0 Å². The molecule has 0 aromatic carbocycles. The maximum atomic E-state index is 11.8. The van der Waals surface area contributed by atoms with Crippen molar-refractivity contribution in [3.63, 3.8) is 0 Å². The highest BCUT2D eigenvalue weighted by molar-refractivity contribution is 7.93. The van der Waals surface area contributed by atoms with Gasteiger partial charge in [-0.2, -0.15) is 5.26 Å². The Bertz CT molecular complexity index is 415. The van der Waals surface area contributed by atoms with E-state index in [4.69, 9.17) is 5.26 Å². The number of fused-ring (bicyclic) bond motifs is 2. The van der Waals surface area contributed by atoms with Crippen LogP contribution in [0.15, 0.2) is 0 Å². The third-order valence-electron chi connectivity index (χ3n) is 3.77. The quantitative estimate of drug-likeness (QED) is 0.744. The second-order valence-corrected chi connectivity index (χ2v) is 7.21. The Hall–Kier alpha value is -0.890. The van der Waals surface area contributed by atoms with Crippen LogP contribution in [-0.4, -0.2) is 24.7 Å². The van der Waals surface area contributed by atoms with E-state index in [0.717, 1.165) is 12.8 Å². The summed E-state index contributed by atoms with van der Waals surface area (Å²) in [6, 6.07) is 1.95. The average molecular weight is 241 g/mol. The number of carbonyl (C=O) groups excluding carboxylic acids is 1. The monoisotopic (exact) mass is 241 g/mol. The zero-order valence-electron chi connectivity index (χ0n) is 9.05. The molecule has 0 spiro atoms. The number of hydrogen-bond donors (Lipinski definition) is 0. The fourth-order valence-corrected chi connectivity index (χ4v) is 5.33. The lowest BCUT2D eigenvalue weighted by Gasteiger charge is -2.26. The maximum Gasteiger partial charge on any atom is 0.156 e. The molecule has 16 heavy (non-hydrogen) atoms. The van der Waals surface area contributed by atoms with Crippen LogP contribution >= 0.6 is 0 Å². The van der Waals surface area contributed by atoms with Gasteiger partial charge in [0.15, 0.2) is 9.84 Å². The summed E-state index contributed by atoms with van der Waals surface area (Å²) in [4.78, 5) is 11.7. The van der Waals surface area contributed by atoms with Crippen molar-refractivity contribution in [2.45, 2.75) is 49.0 Å². The van der Waals surface area contributed by atoms with Crippen LogP contribution in [0.1, 0.15) is 38.5 Å². The summed E-state index contributed by atoms with van der Waals surface area (Å²) in [5.41, 5.74) is 0. The molecule has 0 N–H and O–H groups in total. The molecule has 0 saturated carbocycles. The van der Waals surface area contributed by atoms with Crippen LogP contribution in [0.25, 0.3) is 0 Å². The highest BCUT2D eigenvalue weighted by Gasteiger charge is 2.48. The zero-order chi connectivity index (χ0) is 11.8. The van der Waals surface area contributed by atoms with Crippen molar-refractivity contribution in [2.24, 2.45) is 5.92 Å². The first-order valence-electron chi connectivity index (χ1n) is 5.68. The average Bonchev–Trinajstić information content (AvgIpc) is 2.47. The molecule has 0 aliphatic carbocycles. The van der Waals surface area contributed by atoms with Crippen LogP contribution in [0.4, 0.5) is 0 Å². The summed E-state index contributed by atoms with van der Waals surface area (Å²) in [5.74, 6) is -0.0391. The lowest BCUT2D eigenvalue weighted by molar-refractivity contribution is -0.123. The second-order valence-electron chi connectivity index (χ2n) is 4.70. The molecular formula is C11H15NO3S. The topological polar surface area (TPSA) is 75.0 Å². The number of ketones is 1. The fraction of sp³-hybridized carbons (Fsp3) is 0.818. The summed E-state index contributed by atoms with van der Waals surface area (Å²) in [5, 5.41) is 7.84. The lowest BCUT2D eigenvalue weighted by atomic mass is 9.92. The summed E-state index contributed by atoms with van der Waals surface area (Å²) in [6.07, 6.45) is 2.94. The number of Topliss-reactive ketones (excluding diaryl/α,β-unsaturated/α-hetero) is 1. The van der Waals surface area contributed by atoms with Gasteiger partial charge in [-0.3, -0.25) is 4.79 Å². The molecule has 0 radical (unpaired) electrons. The highest BCUT2D eigenvalue weighted by atomic mass is 32.2. The van der Waals surface area contributed by atoms with E-state index in [1.165, 1.54) is 0 Å². The maximum absolute atomic E-state index is 11.8. The van der Waals surface area contributed by atoms with Crippen LogP contribution in [-0.2, 0) is 14.6 Å². The largest absolute Gasteiger partial charge is 0.299 e. The van der Waals surface area contributed by atoms with E-state index in [1.807, 2.05) is 6.07 Å². The van der Waals surface area contributed by atoms with Gasteiger partial charge in [-0.25, -0.2) is 8.42 Å². The van der Waals surface area contributed by atoms with Gasteiger partial charge in [-0.05, 0) is 25.7 Å². The Morgan fingerprint density at radius 1 is 1.25 bits per heavy atom. The second kappa shape index (κ2) is 4.17. The SMILES string of the molecule is N#CCCC(=O)C1CC2CCC(C1)S2(=O)=O. The number of hydrogen-bond acceptors (Lipinski definition) is 4. The first-order valence-corrected chi connectivity index (χ1v) is 7.29. The minimum atomic E-state index is -2.93. The van der Waals surface area contributed by atoms with Crippen molar-refractivity contribution in [1.29, 1.82) is 5.26 Å². The Labute approximate surface area is 95.6 Å². The Morgan fingerprint density at radius 3 is 2.31 bits per heavy atom. The van der Waals surface area contributed by atoms with Gasteiger partial charge < -0.3 is 0 Å². The van der Waals surface area contributed by atoms with Gasteiger partial charge in [0.25, 0.3) is 0 Å². The Morgan fingerprint density at radius 2 is 1.81 bits per heavy atom. The predicted octanol–water partition coefficient (Wildman–Crippen LogP) is 1.22. The number of sulfone groups is 1. The molecule has 2 fully saturated rings. The van der Waals surface area contributed by atoms with Crippen LogP contribution < -0.4 is 0 Å². The van der Waals surface area contributed by atoms with E-state index in [2.05, 4.69) is 0 Å². The smallest absolute Gasteiger partial charge is 0.156 e. The minimum Gasteiger partial charge on any atom is -0.299 e. The van der Waals surface area contributed by atoms with Crippen molar-refractivity contribution >= 4 is 15.6 Å². The van der Waals surface area contributed by atoms with Gasteiger partial charge in [-0.1, -0.05) is 0 Å². The molecule has 2 heterocycles. The third-order valence-corrected chi connectivity index (χ3v) is 6.49. The molecule has 0 aromatic rings. The van der Waals surface area contributed by atoms with Crippen LogP contribution in [0, 0.1) is 17.2 Å². The van der Waals surface area contributed by atoms with Crippen molar-refractivity contribution in [3.05, 3.63) is 0 Å². The number of rotatable bonds is 3. The number of carbonyl (C=O) groups is 1. The predicted molar refractivity (Wildman–Crippen MR) is 58.3 cm³/mol. The first kappa shape index (κ1) is 11.6. The zero-order valence-corrected chi connectivity index (χ0v) is 9.87. The van der Waals surface area contributed by atoms with Crippen molar-refractivity contribution in [3.8, 4) is 6.07 Å². The number of nitriles is 1. The van der Waals surface area contributed by atoms with Gasteiger partial charge in [0.05, 0.1) is 16.6 Å². The van der Waals surface area contributed by atoms with E-state index < -0.39 is 9.84 Å². The highest BCUT2D eigenvalue weighted by Crippen LogP contribution is 2.41. The Kier molecular flexibility index (Phi) is 3.02. The molecule has 4 nitrogen and oxygen atoms in total. The summed E-state index contributed by atoms with van der Waals surface area (Å²) < 4.78 is 23.6. The molecule has 0 amide bonds. The molecule has 88 valence electrons. The summed E-state index contributed by atoms with van der Waals surface area (Å²) in [6.45, 7) is 0. The van der Waals surface area contributed by atoms with Gasteiger partial charge in [0.2, 0.25) is 0 Å².